The number of nitrogens with zero attached hydrogens (tertiary/aromatic N) is 3. The van der Waals surface area contributed by atoms with E-state index in [-0.39, 0.29) is 17.8 Å². The molecule has 0 radical (unpaired) electrons. The molecule has 0 saturated carbocycles. The molecule has 38 heavy (non-hydrogen) atoms. The van der Waals surface area contributed by atoms with Gasteiger partial charge in [0.1, 0.15) is 0 Å². The van der Waals surface area contributed by atoms with Gasteiger partial charge in [-0.1, -0.05) is 18.2 Å². The molecular weight excluding hydrogens is 498 g/mol. The molecule has 2 aliphatic rings. The van der Waals surface area contributed by atoms with Gasteiger partial charge in [0.15, 0.2) is 0 Å². The van der Waals surface area contributed by atoms with Gasteiger partial charge in [-0.05, 0) is 73.5 Å². The number of carbonyl (C=O) groups excluding carboxylic acids is 3. The van der Waals surface area contributed by atoms with E-state index in [2.05, 4.69) is 15.5 Å². The number of hydrogen-bond donors (Lipinski definition) is 2. The predicted molar refractivity (Wildman–Crippen MR) is 152 cm³/mol. The molecule has 0 spiro atoms. The lowest BCUT2D eigenvalue weighted by Crippen LogP contribution is -2.50. The largest absolute Gasteiger partial charge is 0.367 e. The van der Waals surface area contributed by atoms with Crippen LogP contribution >= 0.6 is 11.3 Å². The fraction of sp³-hybridized carbons (Fsp3) is 0.345. The number of carbonyl (C=O) groups is 3. The highest BCUT2D eigenvalue weighted by atomic mass is 32.1. The van der Waals surface area contributed by atoms with Crippen molar-refractivity contribution in [2.24, 2.45) is 0 Å². The van der Waals surface area contributed by atoms with E-state index in [4.69, 9.17) is 0 Å². The van der Waals surface area contributed by atoms with Crippen LogP contribution in [-0.4, -0.2) is 66.9 Å². The summed E-state index contributed by atoms with van der Waals surface area (Å²) in [6.07, 6.45) is 3.15. The van der Waals surface area contributed by atoms with E-state index >= 15 is 0 Å². The summed E-state index contributed by atoms with van der Waals surface area (Å²) in [5.41, 5.74) is 3.91. The van der Waals surface area contributed by atoms with Crippen molar-refractivity contribution in [3.8, 4) is 0 Å². The fourth-order valence-electron chi connectivity index (χ4n) is 5.00. The van der Waals surface area contributed by atoms with E-state index in [1.807, 2.05) is 59.7 Å². The molecule has 2 aromatic carbocycles. The molecule has 0 atom stereocenters. The summed E-state index contributed by atoms with van der Waals surface area (Å²) in [6.45, 7) is 5.81. The lowest BCUT2D eigenvalue weighted by molar-refractivity contribution is 0.0724. The van der Waals surface area contributed by atoms with Crippen LogP contribution in [0.3, 0.4) is 0 Å². The second kappa shape index (κ2) is 11.7. The monoisotopic (exact) mass is 531 g/mol. The Kier molecular flexibility index (Phi) is 7.93. The van der Waals surface area contributed by atoms with E-state index in [0.717, 1.165) is 49.3 Å². The molecule has 3 aromatic rings. The first kappa shape index (κ1) is 25.8. The molecular formula is C29H33N5O3S. The van der Waals surface area contributed by atoms with Crippen LogP contribution in [0.25, 0.3) is 0 Å². The number of anilines is 3. The van der Waals surface area contributed by atoms with Crippen molar-refractivity contribution in [1.82, 2.24) is 9.80 Å². The Morgan fingerprint density at radius 3 is 2.24 bits per heavy atom. The number of amides is 4. The van der Waals surface area contributed by atoms with Gasteiger partial charge < -0.3 is 25.3 Å². The molecule has 0 unspecified atom stereocenters. The molecule has 2 N–H and O–H groups in total. The summed E-state index contributed by atoms with van der Waals surface area (Å²) in [5.74, 6) is -0.191. The van der Waals surface area contributed by atoms with E-state index < -0.39 is 0 Å². The summed E-state index contributed by atoms with van der Waals surface area (Å²) in [5, 5.41) is 7.79. The molecule has 5 rings (SSSR count). The molecule has 2 saturated heterocycles. The first-order valence-corrected chi connectivity index (χ1v) is 14.0. The van der Waals surface area contributed by atoms with E-state index in [1.54, 1.807) is 17.0 Å². The Morgan fingerprint density at radius 1 is 0.763 bits per heavy atom. The maximum Gasteiger partial charge on any atom is 0.321 e. The number of benzene rings is 2. The van der Waals surface area contributed by atoms with Crippen molar-refractivity contribution in [2.45, 2.75) is 26.2 Å². The van der Waals surface area contributed by atoms with Crippen molar-refractivity contribution in [2.75, 3.05) is 54.8 Å². The van der Waals surface area contributed by atoms with Crippen molar-refractivity contribution < 1.29 is 14.4 Å². The van der Waals surface area contributed by atoms with Crippen molar-refractivity contribution in [3.63, 3.8) is 0 Å². The zero-order valence-electron chi connectivity index (χ0n) is 21.6. The van der Waals surface area contributed by atoms with Crippen LogP contribution in [0.1, 0.15) is 44.9 Å². The van der Waals surface area contributed by atoms with Crippen LogP contribution in [0.4, 0.5) is 21.9 Å². The topological polar surface area (TPSA) is 85.0 Å². The highest BCUT2D eigenvalue weighted by molar-refractivity contribution is 7.12. The summed E-state index contributed by atoms with van der Waals surface area (Å²) < 4.78 is 0. The molecule has 2 fully saturated rings. The minimum absolute atomic E-state index is 0.00783. The molecule has 4 amide bonds. The van der Waals surface area contributed by atoms with Gasteiger partial charge in [-0.15, -0.1) is 11.3 Å². The van der Waals surface area contributed by atoms with Crippen molar-refractivity contribution in [3.05, 3.63) is 76.0 Å². The lowest BCUT2D eigenvalue weighted by atomic mass is 10.1. The van der Waals surface area contributed by atoms with Gasteiger partial charge >= 0.3 is 6.03 Å². The number of thiophene rings is 1. The van der Waals surface area contributed by atoms with Crippen LogP contribution in [0.15, 0.2) is 60.0 Å². The normalized spacial score (nSPS) is 15.8. The molecule has 1 aromatic heterocycles. The van der Waals surface area contributed by atoms with Gasteiger partial charge in [0.2, 0.25) is 0 Å². The highest BCUT2D eigenvalue weighted by Gasteiger charge is 2.27. The highest BCUT2D eigenvalue weighted by Crippen LogP contribution is 2.29. The number of piperazine rings is 1. The fourth-order valence-corrected chi connectivity index (χ4v) is 5.62. The average Bonchev–Trinajstić information content (AvgIpc) is 3.49. The zero-order valence-corrected chi connectivity index (χ0v) is 22.4. The third-order valence-corrected chi connectivity index (χ3v) is 7.92. The van der Waals surface area contributed by atoms with Crippen LogP contribution in [0.5, 0.6) is 0 Å². The molecule has 0 aliphatic carbocycles. The summed E-state index contributed by atoms with van der Waals surface area (Å²) in [7, 11) is 0. The van der Waals surface area contributed by atoms with Gasteiger partial charge in [-0.25, -0.2) is 4.79 Å². The standard InChI is InChI=1S/C29H33N5O3S/c1-21-7-5-8-22(19-21)31-29(37)34-16-14-32(15-17-34)25-11-10-23(30-27(35)26-9-6-18-38-26)20-24(25)28(36)33-12-3-2-4-13-33/h5-11,18-20H,2-4,12-17H2,1H3,(H,30,35)(H,31,37). The number of hydrogen-bond acceptors (Lipinski definition) is 5. The van der Waals surface area contributed by atoms with Crippen molar-refractivity contribution >= 4 is 46.2 Å². The molecule has 8 nitrogen and oxygen atoms in total. The number of rotatable bonds is 5. The number of urea groups is 1. The predicted octanol–water partition coefficient (Wildman–Crippen LogP) is 5.29. The SMILES string of the molecule is Cc1cccc(NC(=O)N2CCN(c3ccc(NC(=O)c4cccs4)cc3C(=O)N3CCCCC3)CC2)c1. The summed E-state index contributed by atoms with van der Waals surface area (Å²) in [4.78, 5) is 45.6. The van der Waals surface area contributed by atoms with Gasteiger partial charge in [-0.2, -0.15) is 0 Å². The number of piperidine rings is 1. The van der Waals surface area contributed by atoms with E-state index in [9.17, 15) is 14.4 Å². The van der Waals surface area contributed by atoms with Crippen LogP contribution in [-0.2, 0) is 0 Å². The molecule has 198 valence electrons. The smallest absolute Gasteiger partial charge is 0.321 e. The van der Waals surface area contributed by atoms with Gasteiger partial charge in [-0.3, -0.25) is 9.59 Å². The number of likely N-dealkylation sites (tertiary alicyclic amines) is 1. The third-order valence-electron chi connectivity index (χ3n) is 7.05. The third kappa shape index (κ3) is 5.99. The van der Waals surface area contributed by atoms with Gasteiger partial charge in [0, 0.05) is 56.3 Å². The van der Waals surface area contributed by atoms with Crippen LogP contribution in [0, 0.1) is 6.92 Å². The zero-order chi connectivity index (χ0) is 26.5. The Morgan fingerprint density at radius 2 is 1.53 bits per heavy atom. The van der Waals surface area contributed by atoms with Crippen LogP contribution in [0.2, 0.25) is 0 Å². The average molecular weight is 532 g/mol. The Bertz CT molecular complexity index is 1300. The maximum atomic E-state index is 13.6. The summed E-state index contributed by atoms with van der Waals surface area (Å²) in [6, 6.07) is 16.8. The second-order valence-corrected chi connectivity index (χ2v) is 10.7. The Labute approximate surface area is 227 Å². The molecule has 2 aliphatic heterocycles. The Balaban J connectivity index is 1.31. The van der Waals surface area contributed by atoms with Crippen molar-refractivity contribution in [1.29, 1.82) is 0 Å². The minimum Gasteiger partial charge on any atom is -0.367 e. The van der Waals surface area contributed by atoms with E-state index in [0.29, 0.717) is 42.3 Å². The first-order chi connectivity index (χ1) is 18.5. The quantitative estimate of drug-likeness (QED) is 0.469. The number of nitrogens with one attached hydrogen (secondary N) is 2. The van der Waals surface area contributed by atoms with Gasteiger partial charge in [0.05, 0.1) is 10.4 Å². The second-order valence-electron chi connectivity index (χ2n) is 9.79. The molecule has 9 heteroatoms. The Hall–Kier alpha value is -3.85. The molecule has 3 heterocycles. The van der Waals surface area contributed by atoms with Gasteiger partial charge in [0.25, 0.3) is 11.8 Å². The minimum atomic E-state index is -0.183. The summed E-state index contributed by atoms with van der Waals surface area (Å²) >= 11 is 1.38. The van der Waals surface area contributed by atoms with Crippen LogP contribution < -0.4 is 15.5 Å². The lowest BCUT2D eigenvalue weighted by Gasteiger charge is -2.37. The number of aryl methyl sites for hydroxylation is 1. The van der Waals surface area contributed by atoms with E-state index in [1.165, 1.54) is 11.3 Å². The maximum absolute atomic E-state index is 13.6. The molecule has 0 bridgehead atoms. The first-order valence-electron chi connectivity index (χ1n) is 13.1.